The molecule has 0 aromatic heterocycles. The Bertz CT molecular complexity index is 415. The van der Waals surface area contributed by atoms with Crippen LogP contribution in [-0.2, 0) is 10.0 Å². The van der Waals surface area contributed by atoms with E-state index in [1.54, 1.807) is 18.2 Å². The molecule has 1 aromatic rings. The molecule has 0 atom stereocenters. The summed E-state index contributed by atoms with van der Waals surface area (Å²) in [4.78, 5) is 0.325. The number of hydrogen-bond donors (Lipinski definition) is 1. The highest BCUT2D eigenvalue weighted by Gasteiger charge is 2.11. The minimum absolute atomic E-state index is 0. The molecule has 0 aliphatic rings. The van der Waals surface area contributed by atoms with E-state index < -0.39 is 10.0 Å². The lowest BCUT2D eigenvalue weighted by Crippen LogP contribution is -2.18. The van der Waals surface area contributed by atoms with Crippen LogP contribution in [0.3, 0.4) is 0 Å². The maximum atomic E-state index is 11.5. The summed E-state index contributed by atoms with van der Waals surface area (Å²) in [6.07, 6.45) is 0. The van der Waals surface area contributed by atoms with Crippen molar-refractivity contribution in [2.75, 3.05) is 7.05 Å². The van der Waals surface area contributed by atoms with Gasteiger partial charge in [-0.2, -0.15) is 0 Å². The predicted octanol–water partition coefficient (Wildman–Crippen LogP) is 1.96. The topological polar surface area (TPSA) is 46.2 Å². The molecule has 0 amide bonds. The highest BCUT2D eigenvalue weighted by atomic mass is 32.2. The highest BCUT2D eigenvalue weighted by Crippen LogP contribution is 2.18. The zero-order valence-corrected chi connectivity index (χ0v) is 9.43. The molecule has 0 unspecified atom stereocenters. The van der Waals surface area contributed by atoms with E-state index in [9.17, 15) is 8.42 Å². The Hall–Kier alpha value is -0.870. The van der Waals surface area contributed by atoms with Gasteiger partial charge in [0.1, 0.15) is 0 Å². The first-order valence-electron chi connectivity index (χ1n) is 4.51. The van der Waals surface area contributed by atoms with Crippen molar-refractivity contribution in [3.8, 4) is 0 Å². The fraction of sp³-hybridized carbons (Fsp3) is 0.400. The van der Waals surface area contributed by atoms with E-state index in [1.165, 1.54) is 7.05 Å². The van der Waals surface area contributed by atoms with Crippen LogP contribution >= 0.6 is 0 Å². The monoisotopic (exact) mass is 215 g/mol. The highest BCUT2D eigenvalue weighted by molar-refractivity contribution is 7.89. The smallest absolute Gasteiger partial charge is 0.214 e. The summed E-state index contributed by atoms with van der Waals surface area (Å²) in [5, 5.41) is 0. The Balaban J connectivity index is 0.00000196. The van der Waals surface area contributed by atoms with Crippen molar-refractivity contribution in [2.45, 2.75) is 24.7 Å². The number of hydrogen-bond acceptors (Lipinski definition) is 2. The maximum absolute atomic E-state index is 11.5. The second-order valence-corrected chi connectivity index (χ2v) is 5.32. The number of sulfonamides is 1. The molecule has 1 aromatic carbocycles. The van der Waals surface area contributed by atoms with Crippen LogP contribution < -0.4 is 4.72 Å². The average molecular weight is 215 g/mol. The third-order valence-electron chi connectivity index (χ3n) is 2.10. The average Bonchev–Trinajstić information content (AvgIpc) is 2.18. The van der Waals surface area contributed by atoms with Crippen molar-refractivity contribution < 1.29 is 9.84 Å². The van der Waals surface area contributed by atoms with E-state index in [2.05, 4.69) is 4.72 Å². The molecule has 0 spiro atoms. The molecule has 0 aliphatic heterocycles. The lowest BCUT2D eigenvalue weighted by atomic mass is 10.0. The van der Waals surface area contributed by atoms with Crippen molar-refractivity contribution in [3.63, 3.8) is 0 Å². The first-order valence-corrected chi connectivity index (χ1v) is 5.99. The first kappa shape index (κ1) is 11.2. The molecular formula is C10H17NO2S. The third kappa shape index (κ3) is 2.33. The van der Waals surface area contributed by atoms with E-state index in [0.29, 0.717) is 10.8 Å². The largest absolute Gasteiger partial charge is 0.240 e. The molecule has 0 saturated heterocycles. The second-order valence-electron chi connectivity index (χ2n) is 3.43. The van der Waals surface area contributed by atoms with Gasteiger partial charge in [0.15, 0.2) is 0 Å². The van der Waals surface area contributed by atoms with Crippen LogP contribution in [-0.4, -0.2) is 15.5 Å². The van der Waals surface area contributed by atoms with Crippen LogP contribution in [0.2, 0.25) is 0 Å². The maximum Gasteiger partial charge on any atom is 0.240 e. The Morgan fingerprint density at radius 2 is 2.00 bits per heavy atom. The van der Waals surface area contributed by atoms with Crippen LogP contribution in [0.5, 0.6) is 0 Å². The third-order valence-corrected chi connectivity index (χ3v) is 3.52. The Morgan fingerprint density at radius 3 is 2.50 bits per heavy atom. The molecule has 14 heavy (non-hydrogen) atoms. The summed E-state index contributed by atoms with van der Waals surface area (Å²) in [7, 11) is -1.89. The summed E-state index contributed by atoms with van der Waals surface area (Å²) in [6.45, 7) is 4.07. The van der Waals surface area contributed by atoms with E-state index >= 15 is 0 Å². The second kappa shape index (κ2) is 4.11. The van der Waals surface area contributed by atoms with E-state index in [-0.39, 0.29) is 1.43 Å². The first-order chi connectivity index (χ1) is 6.47. The van der Waals surface area contributed by atoms with E-state index in [1.807, 2.05) is 19.9 Å². The minimum Gasteiger partial charge on any atom is -0.214 e. The Kier molecular flexibility index (Phi) is 3.29. The van der Waals surface area contributed by atoms with Crippen LogP contribution in [0.4, 0.5) is 0 Å². The van der Waals surface area contributed by atoms with Gasteiger partial charge in [-0.25, -0.2) is 13.1 Å². The fourth-order valence-electron chi connectivity index (χ4n) is 1.16. The molecule has 0 radical (unpaired) electrons. The number of rotatable bonds is 3. The zero-order chi connectivity index (χ0) is 10.8. The molecule has 80 valence electrons. The van der Waals surface area contributed by atoms with Gasteiger partial charge in [0, 0.05) is 1.43 Å². The summed E-state index contributed by atoms with van der Waals surface area (Å²) in [6, 6.07) is 6.99. The lowest BCUT2D eigenvalue weighted by Gasteiger charge is -2.07. The van der Waals surface area contributed by atoms with Crippen molar-refractivity contribution >= 4 is 10.0 Å². The summed E-state index contributed by atoms with van der Waals surface area (Å²) < 4.78 is 25.2. The SMILES string of the molecule is CNS(=O)(=O)c1cccc(C(C)C)c1.[HH]. The van der Waals surface area contributed by atoms with E-state index in [4.69, 9.17) is 0 Å². The molecule has 1 N–H and O–H groups in total. The van der Waals surface area contributed by atoms with Gasteiger partial charge in [-0.05, 0) is 30.7 Å². The van der Waals surface area contributed by atoms with Gasteiger partial charge >= 0.3 is 0 Å². The van der Waals surface area contributed by atoms with Gasteiger partial charge in [0.05, 0.1) is 4.90 Å². The molecule has 0 heterocycles. The molecule has 0 saturated carbocycles. The molecule has 0 fully saturated rings. The summed E-state index contributed by atoms with van der Waals surface area (Å²) in [5.74, 6) is 0.335. The number of nitrogens with one attached hydrogen (secondary N) is 1. The van der Waals surface area contributed by atoms with E-state index in [0.717, 1.165) is 5.56 Å². The molecule has 3 nitrogen and oxygen atoms in total. The van der Waals surface area contributed by atoms with Gasteiger partial charge in [0.25, 0.3) is 0 Å². The number of benzene rings is 1. The van der Waals surface area contributed by atoms with Crippen molar-refractivity contribution in [1.29, 1.82) is 0 Å². The molecule has 0 aliphatic carbocycles. The van der Waals surface area contributed by atoms with Gasteiger partial charge in [-0.15, -0.1) is 0 Å². The predicted molar refractivity (Wildman–Crippen MR) is 58.9 cm³/mol. The lowest BCUT2D eigenvalue weighted by molar-refractivity contribution is 0.588. The zero-order valence-electron chi connectivity index (χ0n) is 8.61. The Labute approximate surface area is 86.7 Å². The van der Waals surface area contributed by atoms with Crippen molar-refractivity contribution in [2.24, 2.45) is 0 Å². The standard InChI is InChI=1S/C10H15NO2S.H2/c1-8(2)9-5-4-6-10(7-9)14(12,13)11-3;/h4-8,11H,1-3H3;1H. The van der Waals surface area contributed by atoms with Gasteiger partial charge in [0.2, 0.25) is 10.0 Å². The quantitative estimate of drug-likeness (QED) is 0.837. The van der Waals surface area contributed by atoms with Crippen LogP contribution in [0.1, 0.15) is 26.8 Å². The van der Waals surface area contributed by atoms with Crippen molar-refractivity contribution in [3.05, 3.63) is 29.8 Å². The van der Waals surface area contributed by atoms with Crippen molar-refractivity contribution in [1.82, 2.24) is 4.72 Å². The molecular weight excluding hydrogens is 198 g/mol. The van der Waals surface area contributed by atoms with Crippen LogP contribution in [0.25, 0.3) is 0 Å². The minimum atomic E-state index is -3.30. The van der Waals surface area contributed by atoms with Gasteiger partial charge < -0.3 is 0 Å². The van der Waals surface area contributed by atoms with Crippen LogP contribution in [0.15, 0.2) is 29.2 Å². The summed E-state index contributed by atoms with van der Waals surface area (Å²) >= 11 is 0. The van der Waals surface area contributed by atoms with Gasteiger partial charge in [-0.3, -0.25) is 0 Å². The molecule has 0 bridgehead atoms. The van der Waals surface area contributed by atoms with Crippen LogP contribution in [0, 0.1) is 0 Å². The van der Waals surface area contributed by atoms with Gasteiger partial charge in [-0.1, -0.05) is 26.0 Å². The molecule has 4 heteroatoms. The fourth-order valence-corrected chi connectivity index (χ4v) is 1.94. The molecule has 1 rings (SSSR count). The Morgan fingerprint density at radius 1 is 1.36 bits per heavy atom. The summed E-state index contributed by atoms with van der Waals surface area (Å²) in [5.41, 5.74) is 1.03. The normalized spacial score (nSPS) is 12.0.